The van der Waals surface area contributed by atoms with Crippen LogP contribution in [-0.4, -0.2) is 5.97 Å². The third-order valence-electron chi connectivity index (χ3n) is 2.13. The summed E-state index contributed by atoms with van der Waals surface area (Å²) in [6.45, 7) is 0. The van der Waals surface area contributed by atoms with E-state index in [-0.39, 0.29) is 5.76 Å². The molecule has 1 aliphatic heterocycles. The minimum atomic E-state index is -4.38. The Balaban J connectivity index is 2.29. The summed E-state index contributed by atoms with van der Waals surface area (Å²) >= 11 is 0. The quantitative estimate of drug-likeness (QED) is 0.705. The summed E-state index contributed by atoms with van der Waals surface area (Å²) in [5.74, 6) is -0.294. The van der Waals surface area contributed by atoms with E-state index in [4.69, 9.17) is 4.74 Å². The first-order chi connectivity index (χ1) is 7.95. The number of rotatable bonds is 1. The smallest absolute Gasteiger partial charge is 0.416 e. The molecule has 0 bridgehead atoms. The second-order valence-corrected chi connectivity index (χ2v) is 3.42. The summed E-state index contributed by atoms with van der Waals surface area (Å²) in [4.78, 5) is 10.7. The Kier molecular flexibility index (Phi) is 2.75. The maximum atomic E-state index is 12.4. The minimum Gasteiger partial charge on any atom is -0.423 e. The van der Waals surface area contributed by atoms with Gasteiger partial charge in [-0.3, -0.25) is 0 Å². The first-order valence-corrected chi connectivity index (χ1v) is 4.74. The van der Waals surface area contributed by atoms with Crippen LogP contribution in [0.25, 0.3) is 6.08 Å². The lowest BCUT2D eigenvalue weighted by atomic mass is 10.1. The van der Waals surface area contributed by atoms with E-state index >= 15 is 0 Å². The molecule has 1 aliphatic rings. The van der Waals surface area contributed by atoms with Crippen molar-refractivity contribution in [2.45, 2.75) is 6.18 Å². The molecule has 2 nitrogen and oxygen atoms in total. The van der Waals surface area contributed by atoms with E-state index in [1.807, 2.05) is 0 Å². The fourth-order valence-corrected chi connectivity index (χ4v) is 1.38. The van der Waals surface area contributed by atoms with Crippen molar-refractivity contribution in [3.05, 3.63) is 53.3 Å². The van der Waals surface area contributed by atoms with Crippen LogP contribution in [0.1, 0.15) is 11.1 Å². The molecule has 0 spiro atoms. The molecule has 0 aromatic heterocycles. The van der Waals surface area contributed by atoms with E-state index in [0.29, 0.717) is 5.56 Å². The van der Waals surface area contributed by atoms with Crippen LogP contribution >= 0.6 is 0 Å². The minimum absolute atomic E-state index is 0.231. The second-order valence-electron chi connectivity index (χ2n) is 3.42. The Morgan fingerprint density at radius 1 is 1.18 bits per heavy atom. The third-order valence-corrected chi connectivity index (χ3v) is 2.13. The number of alkyl halides is 3. The van der Waals surface area contributed by atoms with Gasteiger partial charge in [-0.1, -0.05) is 12.1 Å². The van der Waals surface area contributed by atoms with E-state index < -0.39 is 17.7 Å². The van der Waals surface area contributed by atoms with Crippen molar-refractivity contribution in [3.8, 4) is 0 Å². The van der Waals surface area contributed by atoms with Crippen LogP contribution in [0, 0.1) is 0 Å². The molecule has 0 amide bonds. The van der Waals surface area contributed by atoms with Crippen molar-refractivity contribution in [3.63, 3.8) is 0 Å². The second kappa shape index (κ2) is 4.08. The van der Waals surface area contributed by atoms with Crippen LogP contribution in [-0.2, 0) is 15.7 Å². The predicted octanol–water partition coefficient (Wildman–Crippen LogP) is 3.16. The van der Waals surface area contributed by atoms with Crippen molar-refractivity contribution in [1.29, 1.82) is 0 Å². The summed E-state index contributed by atoms with van der Waals surface area (Å²) < 4.78 is 42.0. The highest BCUT2D eigenvalue weighted by molar-refractivity contribution is 5.87. The SMILES string of the molecule is O=C1C=C/C(=C/c2cccc(C(F)(F)F)c2)O1. The van der Waals surface area contributed by atoms with Crippen molar-refractivity contribution in [2.24, 2.45) is 0 Å². The molecular weight excluding hydrogens is 233 g/mol. The van der Waals surface area contributed by atoms with Crippen LogP contribution < -0.4 is 0 Å². The molecule has 0 aliphatic carbocycles. The molecule has 1 aromatic rings. The number of cyclic esters (lactones) is 1. The molecule has 0 saturated heterocycles. The van der Waals surface area contributed by atoms with Crippen molar-refractivity contribution in [2.75, 3.05) is 0 Å². The number of carbonyl (C=O) groups is 1. The lowest BCUT2D eigenvalue weighted by Gasteiger charge is -2.06. The van der Waals surface area contributed by atoms with Crippen LogP contribution in [0.5, 0.6) is 0 Å². The summed E-state index contributed by atoms with van der Waals surface area (Å²) in [5, 5.41) is 0. The van der Waals surface area contributed by atoms with Gasteiger partial charge in [0.1, 0.15) is 5.76 Å². The molecule has 0 N–H and O–H groups in total. The lowest BCUT2D eigenvalue weighted by molar-refractivity contribution is -0.137. The highest BCUT2D eigenvalue weighted by Gasteiger charge is 2.30. The Bertz CT molecular complexity index is 513. The number of esters is 1. The van der Waals surface area contributed by atoms with Crippen molar-refractivity contribution < 1.29 is 22.7 Å². The number of ether oxygens (including phenoxy) is 1. The molecule has 1 heterocycles. The monoisotopic (exact) mass is 240 g/mol. The van der Waals surface area contributed by atoms with E-state index in [2.05, 4.69) is 0 Å². The summed E-state index contributed by atoms with van der Waals surface area (Å²) in [6.07, 6.45) is -0.393. The fourth-order valence-electron chi connectivity index (χ4n) is 1.38. The van der Waals surface area contributed by atoms with Crippen LogP contribution in [0.3, 0.4) is 0 Å². The fraction of sp³-hybridized carbons (Fsp3) is 0.0833. The van der Waals surface area contributed by atoms with Gasteiger partial charge in [-0.05, 0) is 29.8 Å². The number of hydrogen-bond acceptors (Lipinski definition) is 2. The van der Waals surface area contributed by atoms with Crippen LogP contribution in [0.15, 0.2) is 42.2 Å². The molecule has 0 atom stereocenters. The normalized spacial score (nSPS) is 17.6. The maximum Gasteiger partial charge on any atom is 0.416 e. The van der Waals surface area contributed by atoms with Gasteiger partial charge in [0.25, 0.3) is 0 Å². The van der Waals surface area contributed by atoms with Gasteiger partial charge in [0.15, 0.2) is 0 Å². The van der Waals surface area contributed by atoms with Gasteiger partial charge in [0.05, 0.1) is 5.56 Å². The van der Waals surface area contributed by atoms with E-state index in [0.717, 1.165) is 12.1 Å². The first kappa shape index (κ1) is 11.4. The van der Waals surface area contributed by atoms with Gasteiger partial charge in [-0.25, -0.2) is 4.79 Å². The average Bonchev–Trinajstić information content (AvgIpc) is 2.63. The largest absolute Gasteiger partial charge is 0.423 e. The predicted molar refractivity (Wildman–Crippen MR) is 54.7 cm³/mol. The zero-order valence-corrected chi connectivity index (χ0v) is 8.49. The summed E-state index contributed by atoms with van der Waals surface area (Å²) in [7, 11) is 0. The van der Waals surface area contributed by atoms with Gasteiger partial charge in [0, 0.05) is 6.08 Å². The van der Waals surface area contributed by atoms with E-state index in [9.17, 15) is 18.0 Å². The zero-order chi connectivity index (χ0) is 12.5. The molecule has 2 rings (SSSR count). The Labute approximate surface area is 95.0 Å². The standard InChI is InChI=1S/C12H7F3O2/c13-12(14,15)9-3-1-2-8(6-9)7-10-4-5-11(16)17-10/h1-7H/b10-7-. The number of hydrogen-bond donors (Lipinski definition) is 0. The number of allylic oxidation sites excluding steroid dienone is 1. The van der Waals surface area contributed by atoms with Crippen molar-refractivity contribution in [1.82, 2.24) is 0 Å². The zero-order valence-electron chi connectivity index (χ0n) is 8.49. The molecule has 88 valence electrons. The molecule has 0 saturated carbocycles. The van der Waals surface area contributed by atoms with Gasteiger partial charge < -0.3 is 4.74 Å². The van der Waals surface area contributed by atoms with Crippen LogP contribution in [0.4, 0.5) is 13.2 Å². The highest BCUT2D eigenvalue weighted by atomic mass is 19.4. The summed E-state index contributed by atoms with van der Waals surface area (Å²) in [6, 6.07) is 4.78. The molecule has 0 radical (unpaired) electrons. The molecule has 17 heavy (non-hydrogen) atoms. The van der Waals surface area contributed by atoms with Gasteiger partial charge >= 0.3 is 12.1 Å². The Hall–Kier alpha value is -2.04. The average molecular weight is 240 g/mol. The van der Waals surface area contributed by atoms with Gasteiger partial charge in [0.2, 0.25) is 0 Å². The third kappa shape index (κ3) is 2.75. The van der Waals surface area contributed by atoms with Crippen LogP contribution in [0.2, 0.25) is 0 Å². The topological polar surface area (TPSA) is 26.3 Å². The number of carbonyl (C=O) groups excluding carboxylic acids is 1. The number of benzene rings is 1. The molecule has 0 unspecified atom stereocenters. The molecule has 1 aromatic carbocycles. The van der Waals surface area contributed by atoms with Crippen molar-refractivity contribution >= 4 is 12.0 Å². The molecule has 0 fully saturated rings. The first-order valence-electron chi connectivity index (χ1n) is 4.74. The lowest BCUT2D eigenvalue weighted by Crippen LogP contribution is -2.04. The maximum absolute atomic E-state index is 12.4. The molecule has 5 heteroatoms. The molecular formula is C12H7F3O2. The summed E-state index contributed by atoms with van der Waals surface area (Å²) in [5.41, 5.74) is -0.408. The van der Waals surface area contributed by atoms with Gasteiger partial charge in [-0.15, -0.1) is 0 Å². The Morgan fingerprint density at radius 3 is 2.53 bits per heavy atom. The number of halogens is 3. The highest BCUT2D eigenvalue weighted by Crippen LogP contribution is 2.30. The van der Waals surface area contributed by atoms with Gasteiger partial charge in [-0.2, -0.15) is 13.2 Å². The van der Waals surface area contributed by atoms with E-state index in [1.165, 1.54) is 30.4 Å². The van der Waals surface area contributed by atoms with E-state index in [1.54, 1.807) is 0 Å². The Morgan fingerprint density at radius 2 is 1.94 bits per heavy atom.